The van der Waals surface area contributed by atoms with Crippen molar-refractivity contribution in [2.24, 2.45) is 11.8 Å². The van der Waals surface area contributed by atoms with Crippen LogP contribution in [0, 0.1) is 51.7 Å². The molecule has 0 aromatic heterocycles. The third kappa shape index (κ3) is 28.5. The summed E-state index contributed by atoms with van der Waals surface area (Å²) in [6, 6.07) is 10.1. The Morgan fingerprint density at radius 2 is 1.29 bits per heavy atom. The van der Waals surface area contributed by atoms with E-state index in [4.69, 9.17) is 37.5 Å². The van der Waals surface area contributed by atoms with Gasteiger partial charge < -0.3 is 4.79 Å². The molecule has 0 spiro atoms. The maximum absolute atomic E-state index is 9.09. The second-order valence-electron chi connectivity index (χ2n) is 5.18. The van der Waals surface area contributed by atoms with Crippen LogP contribution >= 0.6 is 0 Å². The molecule has 1 saturated heterocycles. The van der Waals surface area contributed by atoms with Gasteiger partial charge in [-0.1, -0.05) is 39.0 Å². The fourth-order valence-electron chi connectivity index (χ4n) is 2.18. The number of carbonyl (C=O) groups excluding carboxylic acids is 1. The van der Waals surface area contributed by atoms with Gasteiger partial charge in [0.15, 0.2) is 0 Å². The van der Waals surface area contributed by atoms with E-state index in [0.717, 1.165) is 11.4 Å². The van der Waals surface area contributed by atoms with Crippen LogP contribution in [-0.2, 0) is 79.5 Å². The Hall–Kier alpha value is -1.52. The first kappa shape index (κ1) is 53.7. The number of hydrogen-bond acceptors (Lipinski definition) is 2. The van der Waals surface area contributed by atoms with E-state index in [1.165, 1.54) is 6.42 Å². The van der Waals surface area contributed by atoms with Gasteiger partial charge in [-0.25, -0.2) is 0 Å². The minimum Gasteiger partial charge on any atom is 0 e. The number of nitrogens with zero attached hydrogens (tertiary/aromatic N) is 1. The predicted octanol–water partition coefficient (Wildman–Crippen LogP) is 2.31. The van der Waals surface area contributed by atoms with Crippen LogP contribution < -0.4 is 5.06 Å². The summed E-state index contributed by atoms with van der Waals surface area (Å²) in [4.78, 5) is 14.7. The Bertz CT molecular complexity index is 586. The smallest absolute Gasteiger partial charge is 0 e. The Labute approximate surface area is 228 Å². The van der Waals surface area contributed by atoms with E-state index in [9.17, 15) is 0 Å². The summed E-state index contributed by atoms with van der Waals surface area (Å²) < 4.78 is 45.0. The first-order valence-corrected chi connectivity index (χ1v) is 9.10. The zero-order valence-corrected chi connectivity index (χ0v) is 21.9. The first-order chi connectivity index (χ1) is 15.7. The molecule has 2 atom stereocenters. The van der Waals surface area contributed by atoms with Crippen LogP contribution in [0.1, 0.15) is 27.2 Å². The molecular weight excluding hydrogens is 550 g/mol. The molecular formula is C22H26Fe2NO8S+. The van der Waals surface area contributed by atoms with Gasteiger partial charge in [-0.3, -0.25) is 9.90 Å². The van der Waals surface area contributed by atoms with Gasteiger partial charge in [-0.05, 0) is 49.3 Å². The summed E-state index contributed by atoms with van der Waals surface area (Å²) in [7, 11) is 0. The van der Waals surface area contributed by atoms with Crippen molar-refractivity contribution in [2.75, 3.05) is 17.4 Å². The van der Waals surface area contributed by atoms with E-state index in [2.05, 4.69) is 79.6 Å². The van der Waals surface area contributed by atoms with Crippen LogP contribution in [0.2, 0.25) is 0 Å². The average molecular weight is 576 g/mol. The molecule has 1 aromatic rings. The Balaban J connectivity index is -0.0000000534. The number of rotatable bonds is 4. The minimum atomic E-state index is -0.0415. The molecule has 2 rings (SSSR count). The average Bonchev–Trinajstić information content (AvgIpc) is 3.36. The Kier molecular flexibility index (Phi) is 83.8. The van der Waals surface area contributed by atoms with E-state index in [-0.39, 0.29) is 46.1 Å². The van der Waals surface area contributed by atoms with Gasteiger partial charge in [0.1, 0.15) is 5.75 Å². The van der Waals surface area contributed by atoms with Gasteiger partial charge in [-0.2, -0.15) is 0 Å². The second-order valence-corrected chi connectivity index (χ2v) is 5.68. The van der Waals surface area contributed by atoms with Crippen molar-refractivity contribution in [3.63, 3.8) is 0 Å². The maximum atomic E-state index is 9.09. The summed E-state index contributed by atoms with van der Waals surface area (Å²) in [5, 5.41) is 1.89. The second kappa shape index (κ2) is 53.0. The van der Waals surface area contributed by atoms with Crippen molar-refractivity contribution in [2.45, 2.75) is 33.2 Å². The molecule has 0 unspecified atom stereocenters. The van der Waals surface area contributed by atoms with Crippen molar-refractivity contribution < 1.29 is 71.7 Å². The number of para-hydroxylation sites is 1. The quantitative estimate of drug-likeness (QED) is 0.307. The summed E-state index contributed by atoms with van der Waals surface area (Å²) >= 11 is 3.29. The molecule has 1 heterocycles. The van der Waals surface area contributed by atoms with Crippen molar-refractivity contribution in [1.29, 1.82) is 0 Å². The molecule has 1 fully saturated rings. The molecule has 12 heteroatoms. The summed E-state index contributed by atoms with van der Waals surface area (Å²) in [6.45, 7) is 33.9. The molecule has 1 N–H and O–H groups in total. The summed E-state index contributed by atoms with van der Waals surface area (Å²) in [6.07, 6.45) is 3.56. The topological polar surface area (TPSA) is 153 Å². The largest absolute Gasteiger partial charge is 0 e. The van der Waals surface area contributed by atoms with Gasteiger partial charge in [0, 0.05) is 40.2 Å². The molecule has 1 aromatic carbocycles. The molecule has 0 amide bonds. The number of benzene rings is 1. The number of anilines is 1. The van der Waals surface area contributed by atoms with Gasteiger partial charge in [-0.15, -0.1) is 0 Å². The fraction of sp³-hybridized carbons (Fsp3) is 0.409. The standard InChI is InChI=1S/C13H17NO2.C3H8S.6CO.2Fe/c1-10(2)13-11(8-15)9-16-14(13)12-6-4-3-5-7-12;1-2-3-4;6*1-2;;/h3-7,10-11,13,15H,9H2,1-2H3;4H,2-3H2,1H3;;;;;;;;/p+1/t11-,13+;;;;;;;;;/m0........./s1. The van der Waals surface area contributed by atoms with Crippen LogP contribution in [0.3, 0.4) is 0 Å². The van der Waals surface area contributed by atoms with Gasteiger partial charge in [0.2, 0.25) is 0 Å². The monoisotopic (exact) mass is 576 g/mol. The fourth-order valence-corrected chi connectivity index (χ4v) is 2.18. The number of hydroxylamine groups is 1. The van der Waals surface area contributed by atoms with Crippen LogP contribution in [0.4, 0.5) is 5.69 Å². The summed E-state index contributed by atoms with van der Waals surface area (Å²) in [5.41, 5.74) is 1.03. The number of hydrogen-bond donors (Lipinski definition) is 0. The summed E-state index contributed by atoms with van der Waals surface area (Å²) in [5.74, 6) is 1.48. The van der Waals surface area contributed by atoms with Crippen LogP contribution in [-0.4, -0.2) is 29.5 Å². The Morgan fingerprint density at radius 1 is 0.941 bits per heavy atom. The normalized spacial score (nSPS) is 13.0. The molecule has 188 valence electrons. The van der Waals surface area contributed by atoms with Crippen molar-refractivity contribution in [1.82, 2.24) is 0 Å². The first-order valence-electron chi connectivity index (χ1n) is 8.39. The van der Waals surface area contributed by atoms with E-state index in [1.807, 2.05) is 35.4 Å². The van der Waals surface area contributed by atoms with Crippen LogP contribution in [0.15, 0.2) is 30.3 Å². The molecule has 0 saturated carbocycles. The van der Waals surface area contributed by atoms with E-state index in [1.54, 1.807) is 0 Å². The SMILES string of the molecule is CC(C)[C@@H]1[C@@H]([C-]=[OH+])CON1c1ccccc1.CCC[SH2+].[C-]#[O+].[C-]#[O+].[C-]#[O+].[C-]#[O+].[C-]#[O+].[C-]#[O+].[Fe].[Fe]. The zero-order valence-electron chi connectivity index (χ0n) is 18.7. The minimum absolute atomic E-state index is 0. The third-order valence-corrected chi connectivity index (χ3v) is 3.69. The van der Waals surface area contributed by atoms with Crippen molar-refractivity contribution in [3.05, 3.63) is 70.2 Å². The zero-order chi connectivity index (χ0) is 27.0. The molecule has 0 radical (unpaired) electrons. The van der Waals surface area contributed by atoms with Crippen LogP contribution in [0.5, 0.6) is 0 Å². The molecule has 1 aliphatic heterocycles. The Morgan fingerprint density at radius 3 is 1.56 bits per heavy atom. The van der Waals surface area contributed by atoms with E-state index >= 15 is 0 Å². The maximum Gasteiger partial charge on any atom is 0 e. The molecule has 9 nitrogen and oxygen atoms in total. The molecule has 0 bridgehead atoms. The van der Waals surface area contributed by atoms with Crippen molar-refractivity contribution >= 4 is 24.6 Å². The molecule has 0 aliphatic carbocycles. The van der Waals surface area contributed by atoms with Crippen LogP contribution in [0.25, 0.3) is 0 Å². The van der Waals surface area contributed by atoms with Gasteiger partial charge in [0.25, 0.3) is 0 Å². The van der Waals surface area contributed by atoms with Gasteiger partial charge >= 0.3 is 67.8 Å². The molecule has 34 heavy (non-hydrogen) atoms. The van der Waals surface area contributed by atoms with E-state index < -0.39 is 0 Å². The molecule has 1 aliphatic rings. The van der Waals surface area contributed by atoms with Crippen molar-refractivity contribution in [3.8, 4) is 0 Å². The third-order valence-electron chi connectivity index (χ3n) is 3.19. The predicted molar refractivity (Wildman–Crippen MR) is 113 cm³/mol. The van der Waals surface area contributed by atoms with E-state index in [0.29, 0.717) is 12.5 Å². The van der Waals surface area contributed by atoms with Gasteiger partial charge in [0.05, 0.1) is 12.3 Å².